The third-order valence-corrected chi connectivity index (χ3v) is 9.57. The smallest absolute Gasteiger partial charge is 0.436 e. The molecule has 276 valence electrons. The van der Waals surface area contributed by atoms with Crippen molar-refractivity contribution in [1.29, 1.82) is 0 Å². The number of hydrogen-bond donors (Lipinski definition) is 1. The highest BCUT2D eigenvalue weighted by molar-refractivity contribution is 7.92. The van der Waals surface area contributed by atoms with E-state index in [0.717, 1.165) is 28.0 Å². The summed E-state index contributed by atoms with van der Waals surface area (Å²) < 4.78 is 118. The number of aryl methyl sites for hydroxylation is 2. The number of anilines is 1. The molecule has 1 aliphatic heterocycles. The first-order valence-corrected chi connectivity index (χ1v) is 17.1. The number of nitrogens with one attached hydrogen (secondary N) is 1. The first-order chi connectivity index (χ1) is 24.4. The topological polar surface area (TPSA) is 124 Å². The predicted molar refractivity (Wildman–Crippen MR) is 175 cm³/mol. The summed E-state index contributed by atoms with van der Waals surface area (Å²) in [5, 5.41) is 4.01. The quantitative estimate of drug-likeness (QED) is 0.177. The number of piperazine rings is 1. The molecular weight excluding hydrogens is 720 g/mol. The van der Waals surface area contributed by atoms with Crippen molar-refractivity contribution in [3.05, 3.63) is 90.0 Å². The van der Waals surface area contributed by atoms with E-state index in [-0.39, 0.29) is 23.2 Å². The van der Waals surface area contributed by atoms with E-state index in [9.17, 15) is 39.6 Å². The lowest BCUT2D eigenvalue weighted by Gasteiger charge is -2.34. The van der Waals surface area contributed by atoms with Gasteiger partial charge in [0.25, 0.3) is 15.9 Å². The van der Waals surface area contributed by atoms with Gasteiger partial charge in [-0.05, 0) is 42.0 Å². The molecule has 6 rings (SSSR count). The lowest BCUT2D eigenvalue weighted by molar-refractivity contribution is -0.153. The van der Waals surface area contributed by atoms with Gasteiger partial charge in [0.05, 0.1) is 17.4 Å². The minimum atomic E-state index is -4.98. The number of hydrogen-bond acceptors (Lipinski definition) is 8. The molecular formula is C33H31F6N7O5S. The maximum atomic E-state index is 13.5. The summed E-state index contributed by atoms with van der Waals surface area (Å²) >= 11 is 0. The number of ether oxygens (including phenoxy) is 2. The molecule has 1 saturated heterocycles. The maximum Gasteiger partial charge on any atom is 0.436 e. The van der Waals surface area contributed by atoms with Crippen LogP contribution in [0.2, 0.25) is 0 Å². The fourth-order valence-corrected chi connectivity index (χ4v) is 6.90. The highest BCUT2D eigenvalue weighted by Crippen LogP contribution is 2.34. The van der Waals surface area contributed by atoms with Crippen LogP contribution in [0.4, 0.5) is 32.0 Å². The van der Waals surface area contributed by atoms with E-state index in [1.54, 1.807) is 52.9 Å². The zero-order valence-corrected chi connectivity index (χ0v) is 28.4. The molecule has 3 aromatic heterocycles. The summed E-state index contributed by atoms with van der Waals surface area (Å²) in [6.07, 6.45) is -7.53. The van der Waals surface area contributed by atoms with Gasteiger partial charge in [-0.1, -0.05) is 12.1 Å². The zero-order chi connectivity index (χ0) is 37.4. The Kier molecular flexibility index (Phi) is 9.84. The van der Waals surface area contributed by atoms with E-state index >= 15 is 0 Å². The molecule has 1 fully saturated rings. The molecule has 0 saturated carbocycles. The van der Waals surface area contributed by atoms with Gasteiger partial charge >= 0.3 is 12.4 Å². The first kappa shape index (κ1) is 36.5. The van der Waals surface area contributed by atoms with Gasteiger partial charge < -0.3 is 18.9 Å². The minimum absolute atomic E-state index is 0.0776. The molecule has 19 heteroatoms. The van der Waals surface area contributed by atoms with Crippen molar-refractivity contribution in [1.82, 2.24) is 29.1 Å². The van der Waals surface area contributed by atoms with Crippen LogP contribution in [0, 0.1) is 0 Å². The molecule has 0 spiro atoms. The van der Waals surface area contributed by atoms with E-state index in [1.807, 2.05) is 0 Å². The molecule has 5 aromatic rings. The summed E-state index contributed by atoms with van der Waals surface area (Å²) in [6, 6.07) is 16.0. The number of amides is 1. The number of rotatable bonds is 10. The Morgan fingerprint density at radius 2 is 1.60 bits per heavy atom. The van der Waals surface area contributed by atoms with Crippen LogP contribution < -0.4 is 14.2 Å². The van der Waals surface area contributed by atoms with Gasteiger partial charge in [-0.2, -0.15) is 31.4 Å². The number of pyridine rings is 1. The SMILES string of the molecule is Cn1cc(S(=O)(=O)Nc2ccc(Oc3ccc4cc(C(=O)N5CCN(Cc6ccc(OCC(F)(F)F)cc6)CC5)n(C)c4c3)nc2)c(C(F)(F)F)n1. The van der Waals surface area contributed by atoms with Crippen molar-refractivity contribution in [2.24, 2.45) is 14.1 Å². The van der Waals surface area contributed by atoms with Gasteiger partial charge in [-0.15, -0.1) is 0 Å². The predicted octanol–water partition coefficient (Wildman–Crippen LogP) is 5.82. The number of carbonyl (C=O) groups is 1. The second kappa shape index (κ2) is 14.0. The second-order valence-electron chi connectivity index (χ2n) is 12.0. The van der Waals surface area contributed by atoms with Gasteiger partial charge in [0.1, 0.15) is 22.1 Å². The Hall–Kier alpha value is -5.30. The molecule has 0 atom stereocenters. The summed E-state index contributed by atoms with van der Waals surface area (Å²) in [7, 11) is -1.71. The molecule has 2 aromatic carbocycles. The third kappa shape index (κ3) is 8.42. The van der Waals surface area contributed by atoms with Crippen LogP contribution in [0.15, 0.2) is 78.0 Å². The Morgan fingerprint density at radius 1 is 0.904 bits per heavy atom. The number of benzene rings is 2. The fraction of sp³-hybridized carbons (Fsp3) is 0.303. The average Bonchev–Trinajstić information content (AvgIpc) is 3.65. The third-order valence-electron chi connectivity index (χ3n) is 8.19. The fourth-order valence-electron chi connectivity index (χ4n) is 5.66. The average molecular weight is 752 g/mol. The molecule has 0 bridgehead atoms. The van der Waals surface area contributed by atoms with Crippen LogP contribution in [0.3, 0.4) is 0 Å². The minimum Gasteiger partial charge on any atom is -0.484 e. The van der Waals surface area contributed by atoms with Crippen LogP contribution >= 0.6 is 0 Å². The van der Waals surface area contributed by atoms with Crippen LogP contribution in [0.25, 0.3) is 10.9 Å². The monoisotopic (exact) mass is 751 g/mol. The largest absolute Gasteiger partial charge is 0.484 e. The summed E-state index contributed by atoms with van der Waals surface area (Å²) in [4.78, 5) is 20.5. The number of halogens is 6. The first-order valence-electron chi connectivity index (χ1n) is 15.6. The number of alkyl halides is 6. The molecule has 4 heterocycles. The number of carbonyl (C=O) groups excluding carboxylic acids is 1. The van der Waals surface area contributed by atoms with Gasteiger partial charge in [-0.3, -0.25) is 19.1 Å². The Labute approximate surface area is 293 Å². The van der Waals surface area contributed by atoms with Crippen LogP contribution in [0.5, 0.6) is 17.4 Å². The molecule has 0 aliphatic carbocycles. The highest BCUT2D eigenvalue weighted by atomic mass is 32.2. The van der Waals surface area contributed by atoms with E-state index in [4.69, 9.17) is 9.47 Å². The Morgan fingerprint density at radius 3 is 2.23 bits per heavy atom. The highest BCUT2D eigenvalue weighted by Gasteiger charge is 2.41. The van der Waals surface area contributed by atoms with Crippen molar-refractivity contribution in [3.8, 4) is 17.4 Å². The van der Waals surface area contributed by atoms with Crippen molar-refractivity contribution in [2.45, 2.75) is 23.8 Å². The second-order valence-corrected chi connectivity index (χ2v) is 13.7. The molecule has 1 amide bonds. The van der Waals surface area contributed by atoms with Crippen LogP contribution in [0.1, 0.15) is 21.7 Å². The van der Waals surface area contributed by atoms with Gasteiger partial charge in [0.15, 0.2) is 12.3 Å². The van der Waals surface area contributed by atoms with E-state index < -0.39 is 39.6 Å². The number of aromatic nitrogens is 4. The summed E-state index contributed by atoms with van der Waals surface area (Å²) in [6.45, 7) is 1.38. The maximum absolute atomic E-state index is 13.5. The lowest BCUT2D eigenvalue weighted by atomic mass is 10.2. The van der Waals surface area contributed by atoms with Crippen molar-refractivity contribution < 1.29 is 49.0 Å². The summed E-state index contributed by atoms with van der Waals surface area (Å²) in [5.74, 6) is 0.429. The van der Waals surface area contributed by atoms with Gasteiger partial charge in [0.2, 0.25) is 5.88 Å². The molecule has 1 N–H and O–H groups in total. The van der Waals surface area contributed by atoms with Crippen molar-refractivity contribution in [3.63, 3.8) is 0 Å². The van der Waals surface area contributed by atoms with Crippen molar-refractivity contribution in [2.75, 3.05) is 37.5 Å². The van der Waals surface area contributed by atoms with Crippen molar-refractivity contribution >= 4 is 32.5 Å². The molecule has 1 aliphatic rings. The van der Waals surface area contributed by atoms with Gasteiger partial charge in [-0.25, -0.2) is 13.4 Å². The Balaban J connectivity index is 1.05. The van der Waals surface area contributed by atoms with Crippen LogP contribution in [-0.2, 0) is 36.8 Å². The van der Waals surface area contributed by atoms with E-state index in [0.29, 0.717) is 49.7 Å². The molecule has 52 heavy (non-hydrogen) atoms. The van der Waals surface area contributed by atoms with E-state index in [2.05, 4.69) is 19.7 Å². The normalized spacial score (nSPS) is 14.5. The molecule has 12 nitrogen and oxygen atoms in total. The number of fused-ring (bicyclic) bond motifs is 1. The van der Waals surface area contributed by atoms with Crippen LogP contribution in [-0.4, -0.2) is 82.4 Å². The molecule has 0 unspecified atom stereocenters. The lowest BCUT2D eigenvalue weighted by Crippen LogP contribution is -2.48. The zero-order valence-electron chi connectivity index (χ0n) is 27.6. The standard InChI is InChI=1S/C33H31F6N7O5S/c1-43-19-28(30(41-43)33(37,38)39)52(48,49)42-23-6-10-29(40-17-23)51-25-9-5-22-15-27(44(2)26(22)16-25)31(47)46-13-11-45(12-14-46)18-21-3-7-24(8-4-21)50-20-32(34,35)36/h3-10,15-17,19,42H,11-14,18,20H2,1-2H3. The molecule has 0 radical (unpaired) electrons. The Bertz CT molecular complexity index is 2180. The number of nitrogens with zero attached hydrogens (tertiary/aromatic N) is 6. The summed E-state index contributed by atoms with van der Waals surface area (Å²) in [5.41, 5.74) is 0.430. The number of sulfonamides is 1. The van der Waals surface area contributed by atoms with Gasteiger partial charge in [0, 0.05) is 70.5 Å². The van der Waals surface area contributed by atoms with E-state index in [1.165, 1.54) is 31.3 Å².